The van der Waals surface area contributed by atoms with Gasteiger partial charge in [-0.15, -0.1) is 0 Å². The summed E-state index contributed by atoms with van der Waals surface area (Å²) in [4.78, 5) is 2.27. The highest BCUT2D eigenvalue weighted by Crippen LogP contribution is 2.40. The maximum absolute atomic E-state index is 13.8. The highest BCUT2D eigenvalue weighted by molar-refractivity contribution is 5.33. The quantitative estimate of drug-likeness (QED) is 0.818. The maximum atomic E-state index is 13.8. The van der Waals surface area contributed by atoms with Crippen molar-refractivity contribution in [3.63, 3.8) is 0 Å². The zero-order chi connectivity index (χ0) is 13.3. The van der Waals surface area contributed by atoms with Gasteiger partial charge in [-0.05, 0) is 25.0 Å². The first-order valence-corrected chi connectivity index (χ1v) is 6.69. The summed E-state index contributed by atoms with van der Waals surface area (Å²) in [5.74, 6) is -0.271. The summed E-state index contributed by atoms with van der Waals surface area (Å²) in [5, 5.41) is 8.72. The monoisotopic (exact) mass is 260 g/mol. The average Bonchev–Trinajstić information content (AvgIpc) is 2.40. The number of likely N-dealkylation sites (tertiary alicyclic amines) is 1. The molecule has 19 heavy (non-hydrogen) atoms. The molecule has 3 nitrogen and oxygen atoms in total. The molecule has 1 spiro atoms. The van der Waals surface area contributed by atoms with E-state index in [4.69, 9.17) is 10.00 Å². The van der Waals surface area contributed by atoms with Gasteiger partial charge < -0.3 is 4.74 Å². The van der Waals surface area contributed by atoms with Crippen LogP contribution in [-0.2, 0) is 11.3 Å². The van der Waals surface area contributed by atoms with Gasteiger partial charge in [0, 0.05) is 43.8 Å². The van der Waals surface area contributed by atoms with E-state index in [9.17, 15) is 4.39 Å². The minimum Gasteiger partial charge on any atom is -0.381 e. The van der Waals surface area contributed by atoms with Crippen molar-refractivity contribution < 1.29 is 9.13 Å². The Balaban J connectivity index is 1.60. The third kappa shape index (κ3) is 2.49. The Hall–Kier alpha value is -1.44. The fourth-order valence-electron chi connectivity index (χ4n) is 3.12. The molecule has 2 aliphatic rings. The van der Waals surface area contributed by atoms with Crippen molar-refractivity contribution in [1.29, 1.82) is 5.26 Å². The van der Waals surface area contributed by atoms with Crippen molar-refractivity contribution in [2.45, 2.75) is 19.4 Å². The molecule has 2 fully saturated rings. The molecule has 0 unspecified atom stereocenters. The van der Waals surface area contributed by atoms with Crippen molar-refractivity contribution in [3.05, 3.63) is 35.1 Å². The van der Waals surface area contributed by atoms with Crippen LogP contribution >= 0.6 is 0 Å². The molecule has 1 aromatic carbocycles. The molecule has 0 atom stereocenters. The molecule has 2 heterocycles. The van der Waals surface area contributed by atoms with Crippen LogP contribution in [-0.4, -0.2) is 31.2 Å². The van der Waals surface area contributed by atoms with Crippen LogP contribution in [0.4, 0.5) is 4.39 Å². The molecule has 4 heteroatoms. The normalized spacial score (nSPS) is 21.9. The van der Waals surface area contributed by atoms with E-state index < -0.39 is 0 Å². The van der Waals surface area contributed by atoms with Gasteiger partial charge in [0.2, 0.25) is 0 Å². The molecule has 0 bridgehead atoms. The second-order valence-corrected chi connectivity index (χ2v) is 5.68. The average molecular weight is 260 g/mol. The van der Waals surface area contributed by atoms with Crippen LogP contribution in [0.25, 0.3) is 0 Å². The Morgan fingerprint density at radius 3 is 2.68 bits per heavy atom. The summed E-state index contributed by atoms with van der Waals surface area (Å²) in [6, 6.07) is 6.68. The van der Waals surface area contributed by atoms with Gasteiger partial charge in [0.25, 0.3) is 0 Å². The van der Waals surface area contributed by atoms with Crippen LogP contribution in [0.5, 0.6) is 0 Å². The number of rotatable bonds is 2. The zero-order valence-corrected chi connectivity index (χ0v) is 10.9. The Kier molecular flexibility index (Phi) is 3.26. The number of hydrogen-bond acceptors (Lipinski definition) is 3. The third-order valence-electron chi connectivity index (χ3n) is 4.25. The second-order valence-electron chi connectivity index (χ2n) is 5.68. The van der Waals surface area contributed by atoms with E-state index in [2.05, 4.69) is 4.90 Å². The standard InChI is InChI=1S/C15H17FN2O/c16-14-7-12(8-17)1-2-13(14)9-18-10-15(11-18)3-5-19-6-4-15/h1-2,7H,3-6,9-11H2. The van der Waals surface area contributed by atoms with E-state index in [1.54, 1.807) is 12.1 Å². The highest BCUT2D eigenvalue weighted by Gasteiger charge is 2.43. The van der Waals surface area contributed by atoms with Crippen LogP contribution in [0.1, 0.15) is 24.0 Å². The lowest BCUT2D eigenvalue weighted by Crippen LogP contribution is -2.57. The molecule has 0 N–H and O–H groups in total. The van der Waals surface area contributed by atoms with Crippen LogP contribution in [0.3, 0.4) is 0 Å². The van der Waals surface area contributed by atoms with Gasteiger partial charge in [-0.1, -0.05) is 6.07 Å². The second kappa shape index (κ2) is 4.92. The summed E-state index contributed by atoms with van der Waals surface area (Å²) >= 11 is 0. The predicted octanol–water partition coefficient (Wildman–Crippen LogP) is 2.31. The van der Waals surface area contributed by atoms with E-state index in [1.165, 1.54) is 6.07 Å². The Labute approximate surface area is 112 Å². The molecule has 0 saturated carbocycles. The first-order chi connectivity index (χ1) is 9.21. The lowest BCUT2D eigenvalue weighted by Gasteiger charge is -2.52. The summed E-state index contributed by atoms with van der Waals surface area (Å²) in [5.41, 5.74) is 1.48. The van der Waals surface area contributed by atoms with Crippen LogP contribution in [0, 0.1) is 22.6 Å². The van der Waals surface area contributed by atoms with Gasteiger partial charge in [0.1, 0.15) is 5.82 Å². The molecule has 2 aliphatic heterocycles. The smallest absolute Gasteiger partial charge is 0.129 e. The van der Waals surface area contributed by atoms with E-state index in [0.717, 1.165) is 39.1 Å². The summed E-state index contributed by atoms with van der Waals surface area (Å²) < 4.78 is 19.2. The lowest BCUT2D eigenvalue weighted by atomic mass is 9.73. The molecule has 3 rings (SSSR count). The lowest BCUT2D eigenvalue weighted by molar-refractivity contribution is -0.0841. The summed E-state index contributed by atoms with van der Waals surface area (Å²) in [6.07, 6.45) is 2.25. The van der Waals surface area contributed by atoms with Crippen molar-refractivity contribution in [3.8, 4) is 6.07 Å². The Morgan fingerprint density at radius 1 is 1.32 bits per heavy atom. The number of hydrogen-bond donors (Lipinski definition) is 0. The third-order valence-corrected chi connectivity index (χ3v) is 4.25. The highest BCUT2D eigenvalue weighted by atomic mass is 19.1. The predicted molar refractivity (Wildman–Crippen MR) is 68.9 cm³/mol. The van der Waals surface area contributed by atoms with Gasteiger partial charge in [-0.3, -0.25) is 4.90 Å². The van der Waals surface area contributed by atoms with Gasteiger partial charge in [0.05, 0.1) is 11.6 Å². The van der Waals surface area contributed by atoms with Gasteiger partial charge >= 0.3 is 0 Å². The molecule has 0 amide bonds. The SMILES string of the molecule is N#Cc1ccc(CN2CC3(CCOCC3)C2)c(F)c1. The Morgan fingerprint density at radius 2 is 2.05 bits per heavy atom. The van der Waals surface area contributed by atoms with Crippen LogP contribution < -0.4 is 0 Å². The number of nitrogens with zero attached hydrogens (tertiary/aromatic N) is 2. The minimum atomic E-state index is -0.271. The van der Waals surface area contributed by atoms with E-state index in [-0.39, 0.29) is 5.82 Å². The first kappa shape index (κ1) is 12.6. The van der Waals surface area contributed by atoms with E-state index >= 15 is 0 Å². The van der Waals surface area contributed by atoms with E-state index in [0.29, 0.717) is 23.1 Å². The fraction of sp³-hybridized carbons (Fsp3) is 0.533. The molecular weight excluding hydrogens is 243 g/mol. The molecule has 100 valence electrons. The molecular formula is C15H17FN2O. The number of ether oxygens (including phenoxy) is 1. The van der Waals surface area contributed by atoms with Crippen LogP contribution in [0.2, 0.25) is 0 Å². The van der Waals surface area contributed by atoms with Crippen molar-refractivity contribution in [2.24, 2.45) is 5.41 Å². The molecule has 0 aromatic heterocycles. The van der Waals surface area contributed by atoms with E-state index in [1.807, 2.05) is 6.07 Å². The van der Waals surface area contributed by atoms with Gasteiger partial charge in [-0.2, -0.15) is 5.26 Å². The molecule has 2 saturated heterocycles. The van der Waals surface area contributed by atoms with Crippen molar-refractivity contribution in [1.82, 2.24) is 4.90 Å². The fourth-order valence-corrected chi connectivity index (χ4v) is 3.12. The molecule has 0 aliphatic carbocycles. The summed E-state index contributed by atoms with van der Waals surface area (Å²) in [6.45, 7) is 4.43. The Bertz CT molecular complexity index is 509. The minimum absolute atomic E-state index is 0.271. The molecule has 1 aromatic rings. The van der Waals surface area contributed by atoms with Crippen molar-refractivity contribution >= 4 is 0 Å². The zero-order valence-electron chi connectivity index (χ0n) is 10.9. The van der Waals surface area contributed by atoms with Crippen molar-refractivity contribution in [2.75, 3.05) is 26.3 Å². The largest absolute Gasteiger partial charge is 0.381 e. The number of nitriles is 1. The number of benzene rings is 1. The van der Waals surface area contributed by atoms with Gasteiger partial charge in [-0.25, -0.2) is 4.39 Å². The maximum Gasteiger partial charge on any atom is 0.129 e. The first-order valence-electron chi connectivity index (χ1n) is 6.69. The molecule has 0 radical (unpaired) electrons. The topological polar surface area (TPSA) is 36.3 Å². The summed E-state index contributed by atoms with van der Waals surface area (Å²) in [7, 11) is 0. The van der Waals surface area contributed by atoms with Crippen LogP contribution in [0.15, 0.2) is 18.2 Å². The number of halogens is 1. The van der Waals surface area contributed by atoms with Gasteiger partial charge in [0.15, 0.2) is 0 Å².